The minimum Gasteiger partial charge on any atom is -0.459 e. The fourth-order valence-corrected chi connectivity index (χ4v) is 2.66. The number of benzene rings is 1. The topological polar surface area (TPSA) is 52.3 Å². The Morgan fingerprint density at radius 3 is 2.71 bits per heavy atom. The number of hydrogen-bond acceptors (Lipinski definition) is 4. The van der Waals surface area contributed by atoms with Gasteiger partial charge in [-0.25, -0.2) is 0 Å². The summed E-state index contributed by atoms with van der Waals surface area (Å²) in [6.07, 6.45) is 4.15. The Hall–Kier alpha value is -2.10. The van der Waals surface area contributed by atoms with E-state index >= 15 is 0 Å². The van der Waals surface area contributed by atoms with E-state index in [0.717, 1.165) is 31.2 Å². The van der Waals surface area contributed by atoms with Crippen molar-refractivity contribution in [3.63, 3.8) is 0 Å². The molecule has 1 fully saturated rings. The number of aromatic nitrogens is 1. The van der Waals surface area contributed by atoms with Crippen molar-refractivity contribution in [2.24, 2.45) is 5.92 Å². The van der Waals surface area contributed by atoms with Gasteiger partial charge in [0.15, 0.2) is 5.76 Å². The molecule has 0 radical (unpaired) electrons. The molecular formula is C17H19NO3. The van der Waals surface area contributed by atoms with E-state index in [9.17, 15) is 4.79 Å². The van der Waals surface area contributed by atoms with Gasteiger partial charge in [-0.15, -0.1) is 0 Å². The maximum atomic E-state index is 11.9. The number of rotatable bonds is 4. The van der Waals surface area contributed by atoms with Crippen molar-refractivity contribution in [3.8, 4) is 11.3 Å². The molecule has 0 unspecified atom stereocenters. The van der Waals surface area contributed by atoms with E-state index in [2.05, 4.69) is 5.16 Å². The van der Waals surface area contributed by atoms with Crippen LogP contribution in [0.2, 0.25) is 0 Å². The molecule has 0 bridgehead atoms. The summed E-state index contributed by atoms with van der Waals surface area (Å²) in [4.78, 5) is 11.9. The van der Waals surface area contributed by atoms with Crippen LogP contribution >= 0.6 is 0 Å². The van der Waals surface area contributed by atoms with Crippen LogP contribution < -0.4 is 0 Å². The van der Waals surface area contributed by atoms with Crippen molar-refractivity contribution in [3.05, 3.63) is 41.6 Å². The molecule has 0 saturated heterocycles. The third-order valence-corrected chi connectivity index (χ3v) is 3.95. The van der Waals surface area contributed by atoms with Crippen LogP contribution in [0.1, 0.15) is 36.9 Å². The fourth-order valence-electron chi connectivity index (χ4n) is 2.66. The highest BCUT2D eigenvalue weighted by molar-refractivity contribution is 5.72. The maximum Gasteiger partial charge on any atom is 0.309 e. The van der Waals surface area contributed by atoms with Crippen LogP contribution in [0.3, 0.4) is 0 Å². The van der Waals surface area contributed by atoms with Crippen LogP contribution in [-0.4, -0.2) is 11.1 Å². The molecule has 1 heterocycles. The van der Waals surface area contributed by atoms with Crippen molar-refractivity contribution in [2.75, 3.05) is 0 Å². The summed E-state index contributed by atoms with van der Waals surface area (Å²) < 4.78 is 10.6. The first-order valence-electron chi connectivity index (χ1n) is 7.41. The Kier molecular flexibility index (Phi) is 4.04. The van der Waals surface area contributed by atoms with Gasteiger partial charge in [-0.1, -0.05) is 47.8 Å². The van der Waals surface area contributed by atoms with Gasteiger partial charge in [0.1, 0.15) is 12.3 Å². The first kappa shape index (κ1) is 13.9. The average molecular weight is 285 g/mol. The number of esters is 1. The summed E-state index contributed by atoms with van der Waals surface area (Å²) in [6.45, 7) is 2.22. The van der Waals surface area contributed by atoms with Crippen molar-refractivity contribution in [1.29, 1.82) is 0 Å². The number of aryl methyl sites for hydroxylation is 1. The van der Waals surface area contributed by atoms with Gasteiger partial charge in [0.05, 0.1) is 5.92 Å². The van der Waals surface area contributed by atoms with Gasteiger partial charge in [-0.2, -0.15) is 0 Å². The highest BCUT2D eigenvalue weighted by Gasteiger charge is 2.24. The van der Waals surface area contributed by atoms with E-state index in [1.54, 1.807) is 0 Å². The summed E-state index contributed by atoms with van der Waals surface area (Å²) >= 11 is 0. The zero-order valence-electron chi connectivity index (χ0n) is 12.2. The SMILES string of the molecule is Cc1ccc(-c2cc(COC(=O)C3CCCC3)no2)cc1. The first-order valence-corrected chi connectivity index (χ1v) is 7.41. The molecule has 1 aromatic heterocycles. The van der Waals surface area contributed by atoms with E-state index in [4.69, 9.17) is 9.26 Å². The van der Waals surface area contributed by atoms with E-state index in [0.29, 0.717) is 11.5 Å². The molecule has 1 aliphatic carbocycles. The van der Waals surface area contributed by atoms with Crippen molar-refractivity contribution < 1.29 is 14.1 Å². The van der Waals surface area contributed by atoms with Gasteiger partial charge in [0.25, 0.3) is 0 Å². The quantitative estimate of drug-likeness (QED) is 0.800. The van der Waals surface area contributed by atoms with Crippen LogP contribution in [0.5, 0.6) is 0 Å². The largest absolute Gasteiger partial charge is 0.459 e. The van der Waals surface area contributed by atoms with Gasteiger partial charge in [-0.3, -0.25) is 4.79 Å². The summed E-state index contributed by atoms with van der Waals surface area (Å²) in [5.41, 5.74) is 2.82. The second-order valence-electron chi connectivity index (χ2n) is 5.64. The molecule has 21 heavy (non-hydrogen) atoms. The van der Waals surface area contributed by atoms with Gasteiger partial charge in [-0.05, 0) is 19.8 Å². The van der Waals surface area contributed by atoms with Gasteiger partial charge in [0, 0.05) is 11.6 Å². The Labute approximate surface area is 124 Å². The lowest BCUT2D eigenvalue weighted by Gasteiger charge is -2.07. The summed E-state index contributed by atoms with van der Waals surface area (Å²) in [5.74, 6) is 0.669. The molecule has 3 rings (SSSR count). The van der Waals surface area contributed by atoms with Crippen LogP contribution in [0.15, 0.2) is 34.9 Å². The number of ether oxygens (including phenoxy) is 1. The molecule has 0 N–H and O–H groups in total. The van der Waals surface area contributed by atoms with Crippen LogP contribution in [0.25, 0.3) is 11.3 Å². The number of nitrogens with zero attached hydrogens (tertiary/aromatic N) is 1. The lowest BCUT2D eigenvalue weighted by molar-refractivity contribution is -0.149. The molecule has 1 saturated carbocycles. The van der Waals surface area contributed by atoms with Crippen LogP contribution in [0.4, 0.5) is 0 Å². The minimum absolute atomic E-state index is 0.0773. The lowest BCUT2D eigenvalue weighted by atomic mass is 10.1. The zero-order valence-corrected chi connectivity index (χ0v) is 12.2. The zero-order chi connectivity index (χ0) is 14.7. The Morgan fingerprint density at radius 2 is 2.00 bits per heavy atom. The molecule has 110 valence electrons. The molecule has 0 atom stereocenters. The molecule has 1 aromatic carbocycles. The highest BCUT2D eigenvalue weighted by Crippen LogP contribution is 2.26. The molecule has 4 heteroatoms. The molecule has 0 spiro atoms. The van der Waals surface area contributed by atoms with Crippen LogP contribution in [-0.2, 0) is 16.1 Å². The van der Waals surface area contributed by atoms with E-state index in [1.807, 2.05) is 37.3 Å². The predicted octanol–water partition coefficient (Wildman–Crippen LogP) is 3.88. The Balaban J connectivity index is 1.60. The standard InChI is InChI=1S/C17H19NO3/c1-12-6-8-13(9-7-12)16-10-15(18-21-16)11-20-17(19)14-4-2-3-5-14/h6-10,14H,2-5,11H2,1H3. The fraction of sp³-hybridized carbons (Fsp3) is 0.412. The smallest absolute Gasteiger partial charge is 0.309 e. The molecule has 4 nitrogen and oxygen atoms in total. The number of carbonyl (C=O) groups excluding carboxylic acids is 1. The average Bonchev–Trinajstić information content (AvgIpc) is 3.17. The van der Waals surface area contributed by atoms with Crippen molar-refractivity contribution in [1.82, 2.24) is 5.16 Å². The monoisotopic (exact) mass is 285 g/mol. The first-order chi connectivity index (χ1) is 10.2. The molecular weight excluding hydrogens is 266 g/mol. The third kappa shape index (κ3) is 3.32. The third-order valence-electron chi connectivity index (χ3n) is 3.95. The summed E-state index contributed by atoms with van der Waals surface area (Å²) in [6, 6.07) is 9.86. The van der Waals surface area contributed by atoms with Crippen molar-refractivity contribution in [2.45, 2.75) is 39.2 Å². The number of hydrogen-bond donors (Lipinski definition) is 0. The number of carbonyl (C=O) groups is 1. The normalized spacial score (nSPS) is 15.3. The second kappa shape index (κ2) is 6.12. The Morgan fingerprint density at radius 1 is 1.29 bits per heavy atom. The van der Waals surface area contributed by atoms with Crippen LogP contribution in [0, 0.1) is 12.8 Å². The maximum absolute atomic E-state index is 11.9. The predicted molar refractivity (Wildman–Crippen MR) is 78.4 cm³/mol. The van der Waals surface area contributed by atoms with E-state index < -0.39 is 0 Å². The minimum atomic E-state index is -0.104. The van der Waals surface area contributed by atoms with Gasteiger partial charge in [0.2, 0.25) is 0 Å². The van der Waals surface area contributed by atoms with E-state index in [-0.39, 0.29) is 18.5 Å². The summed E-state index contributed by atoms with van der Waals surface area (Å²) in [7, 11) is 0. The van der Waals surface area contributed by atoms with Gasteiger partial charge < -0.3 is 9.26 Å². The summed E-state index contributed by atoms with van der Waals surface area (Å²) in [5, 5.41) is 3.96. The van der Waals surface area contributed by atoms with Gasteiger partial charge >= 0.3 is 5.97 Å². The lowest BCUT2D eigenvalue weighted by Crippen LogP contribution is -2.14. The Bertz CT molecular complexity index is 609. The molecule has 2 aromatic rings. The molecule has 0 amide bonds. The van der Waals surface area contributed by atoms with E-state index in [1.165, 1.54) is 5.56 Å². The molecule has 1 aliphatic rings. The molecule has 0 aliphatic heterocycles. The van der Waals surface area contributed by atoms with Crippen molar-refractivity contribution >= 4 is 5.97 Å². The highest BCUT2D eigenvalue weighted by atomic mass is 16.5. The second-order valence-corrected chi connectivity index (χ2v) is 5.64.